The number of carbonyl (C=O) groups is 3. The molecule has 0 spiro atoms. The number of carbonyl (C=O) groups excluding carboxylic acids is 3. The molecule has 0 radical (unpaired) electrons. The Labute approximate surface area is 173 Å². The van der Waals surface area contributed by atoms with Crippen LogP contribution in [0, 0.1) is 0 Å². The van der Waals surface area contributed by atoms with Crippen molar-refractivity contribution in [1.29, 1.82) is 0 Å². The topological polar surface area (TPSA) is 79.0 Å². The number of urea groups is 1. The zero-order valence-corrected chi connectivity index (χ0v) is 16.6. The van der Waals surface area contributed by atoms with Gasteiger partial charge < -0.3 is 15.0 Å². The van der Waals surface area contributed by atoms with Gasteiger partial charge >= 0.3 is 6.03 Å². The summed E-state index contributed by atoms with van der Waals surface area (Å²) in [6.45, 7) is 3.78. The maximum atomic E-state index is 13.0. The second-order valence-electron chi connectivity index (χ2n) is 6.37. The summed E-state index contributed by atoms with van der Waals surface area (Å²) in [6, 6.07) is 11.8. The Morgan fingerprint density at radius 1 is 1.24 bits per heavy atom. The molecule has 1 aliphatic heterocycles. The molecule has 1 heterocycles. The lowest BCUT2D eigenvalue weighted by molar-refractivity contribution is -0.124. The van der Waals surface area contributed by atoms with E-state index in [-0.39, 0.29) is 18.9 Å². The molecule has 2 aromatic carbocycles. The predicted molar refractivity (Wildman–Crippen MR) is 111 cm³/mol. The van der Waals surface area contributed by atoms with Gasteiger partial charge in [-0.15, -0.1) is 6.58 Å². The van der Waals surface area contributed by atoms with Crippen molar-refractivity contribution in [3.63, 3.8) is 0 Å². The smallest absolute Gasteiger partial charge is 0.332 e. The Morgan fingerprint density at radius 2 is 1.97 bits per heavy atom. The van der Waals surface area contributed by atoms with Crippen LogP contribution in [0.4, 0.5) is 16.2 Å². The summed E-state index contributed by atoms with van der Waals surface area (Å²) in [6.07, 6.45) is 1.34. The third-order valence-corrected chi connectivity index (χ3v) is 4.71. The van der Waals surface area contributed by atoms with Gasteiger partial charge in [-0.2, -0.15) is 0 Å². The first-order chi connectivity index (χ1) is 13.9. The molecule has 1 aliphatic rings. The number of methoxy groups -OCH3 is 1. The van der Waals surface area contributed by atoms with Crippen LogP contribution in [0.1, 0.15) is 6.42 Å². The van der Waals surface area contributed by atoms with E-state index in [4.69, 9.17) is 16.3 Å². The summed E-state index contributed by atoms with van der Waals surface area (Å²) in [7, 11) is 1.50. The fraction of sp³-hybridized carbons (Fsp3) is 0.190. The molecule has 150 valence electrons. The molecule has 3 rings (SSSR count). The second-order valence-corrected chi connectivity index (χ2v) is 6.81. The molecule has 0 bridgehead atoms. The van der Waals surface area contributed by atoms with Crippen molar-refractivity contribution in [2.75, 3.05) is 23.9 Å². The highest BCUT2D eigenvalue weighted by molar-refractivity contribution is 6.30. The molecule has 29 heavy (non-hydrogen) atoms. The average molecular weight is 414 g/mol. The summed E-state index contributed by atoms with van der Waals surface area (Å²) in [5.74, 6) is -0.348. The van der Waals surface area contributed by atoms with Gasteiger partial charge in [0, 0.05) is 23.3 Å². The van der Waals surface area contributed by atoms with E-state index in [9.17, 15) is 14.4 Å². The quantitative estimate of drug-likeness (QED) is 0.554. The van der Waals surface area contributed by atoms with Crippen LogP contribution in [0.2, 0.25) is 5.02 Å². The lowest BCUT2D eigenvalue weighted by Crippen LogP contribution is -2.38. The maximum Gasteiger partial charge on any atom is 0.332 e. The van der Waals surface area contributed by atoms with Gasteiger partial charge in [-0.25, -0.2) is 9.69 Å². The molecule has 2 aromatic rings. The van der Waals surface area contributed by atoms with Crippen molar-refractivity contribution in [3.05, 3.63) is 66.2 Å². The summed E-state index contributed by atoms with van der Waals surface area (Å²) in [4.78, 5) is 40.8. The standard InChI is InChI=1S/C21H20ClN3O4/c1-3-11-24-18(13-19(26)23-15-9-7-14(22)8-10-15)20(27)25(21(24)28)16-5-4-6-17(12-16)29-2/h3-10,12,18H,1,11,13H2,2H3,(H,23,26). The van der Waals surface area contributed by atoms with Crippen LogP contribution in [0.25, 0.3) is 0 Å². The number of nitrogens with one attached hydrogen (secondary N) is 1. The van der Waals surface area contributed by atoms with Crippen LogP contribution in [-0.2, 0) is 9.59 Å². The van der Waals surface area contributed by atoms with Gasteiger partial charge in [-0.3, -0.25) is 9.59 Å². The van der Waals surface area contributed by atoms with Gasteiger partial charge in [0.15, 0.2) is 0 Å². The van der Waals surface area contributed by atoms with Crippen molar-refractivity contribution in [2.24, 2.45) is 0 Å². The molecular weight excluding hydrogens is 394 g/mol. The highest BCUT2D eigenvalue weighted by atomic mass is 35.5. The van der Waals surface area contributed by atoms with Crippen LogP contribution in [0.15, 0.2) is 61.2 Å². The van der Waals surface area contributed by atoms with Gasteiger partial charge in [0.1, 0.15) is 11.8 Å². The van der Waals surface area contributed by atoms with Crippen molar-refractivity contribution in [2.45, 2.75) is 12.5 Å². The molecule has 1 unspecified atom stereocenters. The molecule has 7 nitrogen and oxygen atoms in total. The van der Waals surface area contributed by atoms with E-state index in [2.05, 4.69) is 11.9 Å². The van der Waals surface area contributed by atoms with Crippen LogP contribution in [0.3, 0.4) is 0 Å². The molecule has 0 aliphatic carbocycles. The Hall–Kier alpha value is -3.32. The van der Waals surface area contributed by atoms with Gasteiger partial charge in [0.25, 0.3) is 5.91 Å². The number of nitrogens with zero attached hydrogens (tertiary/aromatic N) is 2. The summed E-state index contributed by atoms with van der Waals surface area (Å²) in [5, 5.41) is 3.26. The van der Waals surface area contributed by atoms with Gasteiger partial charge in [0.2, 0.25) is 5.91 Å². The Bertz CT molecular complexity index is 945. The minimum Gasteiger partial charge on any atom is -0.497 e. The molecule has 4 amide bonds. The zero-order chi connectivity index (χ0) is 21.0. The van der Waals surface area contributed by atoms with Crippen LogP contribution >= 0.6 is 11.6 Å². The second kappa shape index (κ2) is 8.79. The number of benzene rings is 2. The molecule has 8 heteroatoms. The van der Waals surface area contributed by atoms with Gasteiger partial charge in [-0.05, 0) is 36.4 Å². The fourth-order valence-electron chi connectivity index (χ4n) is 3.09. The van der Waals surface area contributed by atoms with E-state index in [1.54, 1.807) is 48.5 Å². The molecule has 0 aromatic heterocycles. The van der Waals surface area contributed by atoms with E-state index in [0.717, 1.165) is 4.90 Å². The first-order valence-corrected chi connectivity index (χ1v) is 9.27. The van der Waals surface area contributed by atoms with E-state index < -0.39 is 18.0 Å². The zero-order valence-electron chi connectivity index (χ0n) is 15.8. The fourth-order valence-corrected chi connectivity index (χ4v) is 3.21. The third kappa shape index (κ3) is 4.41. The van der Waals surface area contributed by atoms with Gasteiger partial charge in [-0.1, -0.05) is 23.7 Å². The first kappa shape index (κ1) is 20.4. The number of imide groups is 1. The molecule has 1 saturated heterocycles. The maximum absolute atomic E-state index is 13.0. The van der Waals surface area contributed by atoms with Crippen molar-refractivity contribution >= 4 is 40.8 Å². The number of hydrogen-bond donors (Lipinski definition) is 1. The SMILES string of the molecule is C=CCN1C(=O)N(c2cccc(OC)c2)C(=O)C1CC(=O)Nc1ccc(Cl)cc1. The number of amides is 4. The molecule has 1 atom stereocenters. The summed E-state index contributed by atoms with van der Waals surface area (Å²) < 4.78 is 5.17. The minimum absolute atomic E-state index is 0.143. The largest absolute Gasteiger partial charge is 0.497 e. The van der Waals surface area contributed by atoms with E-state index in [0.29, 0.717) is 22.1 Å². The van der Waals surface area contributed by atoms with Crippen molar-refractivity contribution in [1.82, 2.24) is 4.90 Å². The third-order valence-electron chi connectivity index (χ3n) is 4.46. The molecule has 1 N–H and O–H groups in total. The molecule has 1 fully saturated rings. The Kier molecular flexibility index (Phi) is 6.19. The number of hydrogen-bond acceptors (Lipinski definition) is 4. The Morgan fingerprint density at radius 3 is 2.62 bits per heavy atom. The molecule has 0 saturated carbocycles. The number of anilines is 2. The Balaban J connectivity index is 1.81. The lowest BCUT2D eigenvalue weighted by atomic mass is 10.1. The predicted octanol–water partition coefficient (Wildman–Crippen LogP) is 3.70. The van der Waals surface area contributed by atoms with E-state index in [1.807, 2.05) is 0 Å². The average Bonchev–Trinajstić information content (AvgIpc) is 2.94. The van der Waals surface area contributed by atoms with E-state index >= 15 is 0 Å². The highest BCUT2D eigenvalue weighted by Crippen LogP contribution is 2.29. The van der Waals surface area contributed by atoms with Crippen LogP contribution < -0.4 is 15.0 Å². The van der Waals surface area contributed by atoms with Crippen LogP contribution in [0.5, 0.6) is 5.75 Å². The number of rotatable bonds is 7. The monoisotopic (exact) mass is 413 g/mol. The van der Waals surface area contributed by atoms with Crippen molar-refractivity contribution in [3.8, 4) is 5.75 Å². The van der Waals surface area contributed by atoms with Crippen LogP contribution in [-0.4, -0.2) is 42.4 Å². The van der Waals surface area contributed by atoms with Gasteiger partial charge in [0.05, 0.1) is 19.2 Å². The van der Waals surface area contributed by atoms with E-state index in [1.165, 1.54) is 18.1 Å². The van der Waals surface area contributed by atoms with Crippen molar-refractivity contribution < 1.29 is 19.1 Å². The summed E-state index contributed by atoms with van der Waals surface area (Å²) >= 11 is 5.85. The molecular formula is C21H20ClN3O4. The summed E-state index contributed by atoms with van der Waals surface area (Å²) in [5.41, 5.74) is 0.935. The number of ether oxygens (including phenoxy) is 1. The normalized spacial score (nSPS) is 16.1. The first-order valence-electron chi connectivity index (χ1n) is 8.89. The number of halogens is 1. The lowest BCUT2D eigenvalue weighted by Gasteiger charge is -2.19. The highest BCUT2D eigenvalue weighted by Gasteiger charge is 2.46. The minimum atomic E-state index is -0.931.